The van der Waals surface area contributed by atoms with E-state index in [4.69, 9.17) is 5.73 Å². The number of aryl methyl sites for hydroxylation is 1. The minimum absolute atomic E-state index is 0.830. The highest BCUT2D eigenvalue weighted by Gasteiger charge is 1.96. The quantitative estimate of drug-likeness (QED) is 0.498. The lowest BCUT2D eigenvalue weighted by Crippen LogP contribution is -1.90. The summed E-state index contributed by atoms with van der Waals surface area (Å²) >= 11 is 1.81. The Kier molecular flexibility index (Phi) is 4.45. The number of hydrogen-bond acceptors (Lipinski definition) is 3. The number of pyridine rings is 1. The van der Waals surface area contributed by atoms with E-state index in [0.29, 0.717) is 0 Å². The Morgan fingerprint density at radius 2 is 1.88 bits per heavy atom. The van der Waals surface area contributed by atoms with Crippen LogP contribution in [0.3, 0.4) is 0 Å². The molecule has 0 saturated carbocycles. The fourth-order valence-electron chi connectivity index (χ4n) is 1.57. The summed E-state index contributed by atoms with van der Waals surface area (Å²) in [6, 6.07) is 14.1. The molecule has 2 N–H and O–H groups in total. The first-order valence-corrected chi connectivity index (χ1v) is 6.71. The number of benzene rings is 1. The molecular formula is C14H16N2S. The molecule has 0 spiro atoms. The minimum Gasteiger partial charge on any atom is -0.399 e. The van der Waals surface area contributed by atoms with Crippen LogP contribution in [0.1, 0.15) is 12.0 Å². The van der Waals surface area contributed by atoms with Crippen LogP contribution in [-0.4, -0.2) is 10.7 Å². The van der Waals surface area contributed by atoms with Crippen LogP contribution >= 0.6 is 11.8 Å². The average molecular weight is 244 g/mol. The number of nitrogen functional groups attached to an aromatic ring is 1. The number of hydrogen-bond donors (Lipinski definition) is 1. The third-order valence-corrected chi connectivity index (χ3v) is 3.51. The SMILES string of the molecule is Nc1ccc(CCCSc2ccccn2)cc1. The van der Waals surface area contributed by atoms with E-state index in [-0.39, 0.29) is 0 Å². The van der Waals surface area contributed by atoms with Gasteiger partial charge in [0, 0.05) is 11.9 Å². The normalized spacial score (nSPS) is 10.4. The summed E-state index contributed by atoms with van der Waals surface area (Å²) in [5, 5.41) is 1.10. The molecule has 88 valence electrons. The highest BCUT2D eigenvalue weighted by atomic mass is 32.2. The molecule has 0 saturated heterocycles. The summed E-state index contributed by atoms with van der Waals surface area (Å²) in [6.45, 7) is 0. The van der Waals surface area contributed by atoms with E-state index < -0.39 is 0 Å². The number of anilines is 1. The molecule has 2 rings (SSSR count). The Labute approximate surface area is 106 Å². The Balaban J connectivity index is 1.71. The molecule has 0 atom stereocenters. The first-order chi connectivity index (χ1) is 8.34. The Morgan fingerprint density at radius 1 is 1.06 bits per heavy atom. The van der Waals surface area contributed by atoms with Gasteiger partial charge < -0.3 is 5.73 Å². The first kappa shape index (κ1) is 12.0. The molecule has 1 heterocycles. The van der Waals surface area contributed by atoms with E-state index in [2.05, 4.69) is 17.1 Å². The summed E-state index contributed by atoms with van der Waals surface area (Å²) in [7, 11) is 0. The number of thioether (sulfide) groups is 1. The summed E-state index contributed by atoms with van der Waals surface area (Å²) in [6.07, 6.45) is 4.09. The molecule has 17 heavy (non-hydrogen) atoms. The van der Waals surface area contributed by atoms with Crippen LogP contribution in [0.4, 0.5) is 5.69 Å². The van der Waals surface area contributed by atoms with Gasteiger partial charge in [-0.25, -0.2) is 4.98 Å². The Bertz CT molecular complexity index is 440. The zero-order valence-corrected chi connectivity index (χ0v) is 10.5. The van der Waals surface area contributed by atoms with Gasteiger partial charge in [0.1, 0.15) is 0 Å². The van der Waals surface area contributed by atoms with Crippen molar-refractivity contribution in [1.82, 2.24) is 4.98 Å². The predicted octanol–water partition coefficient (Wildman–Crippen LogP) is 3.39. The van der Waals surface area contributed by atoms with Gasteiger partial charge in [0.05, 0.1) is 5.03 Å². The van der Waals surface area contributed by atoms with E-state index in [0.717, 1.165) is 29.3 Å². The molecule has 0 amide bonds. The van der Waals surface area contributed by atoms with Crippen LogP contribution < -0.4 is 5.73 Å². The van der Waals surface area contributed by atoms with Crippen LogP contribution in [0.15, 0.2) is 53.7 Å². The van der Waals surface area contributed by atoms with Gasteiger partial charge in [0.25, 0.3) is 0 Å². The largest absolute Gasteiger partial charge is 0.399 e. The van der Waals surface area contributed by atoms with Crippen molar-refractivity contribution in [2.45, 2.75) is 17.9 Å². The van der Waals surface area contributed by atoms with Crippen LogP contribution in [0.2, 0.25) is 0 Å². The van der Waals surface area contributed by atoms with Crippen LogP contribution in [0, 0.1) is 0 Å². The highest BCUT2D eigenvalue weighted by Crippen LogP contribution is 2.16. The minimum atomic E-state index is 0.830. The first-order valence-electron chi connectivity index (χ1n) is 5.73. The van der Waals surface area contributed by atoms with Gasteiger partial charge >= 0.3 is 0 Å². The summed E-state index contributed by atoms with van der Waals surface area (Å²) < 4.78 is 0. The maximum Gasteiger partial charge on any atom is 0.0959 e. The van der Waals surface area contributed by atoms with Crippen molar-refractivity contribution in [2.24, 2.45) is 0 Å². The third-order valence-electron chi connectivity index (χ3n) is 2.48. The third kappa shape index (κ3) is 4.11. The molecule has 0 radical (unpaired) electrons. The van der Waals surface area contributed by atoms with Crippen molar-refractivity contribution in [3.8, 4) is 0 Å². The number of nitrogens with zero attached hydrogens (tertiary/aromatic N) is 1. The van der Waals surface area contributed by atoms with Crippen LogP contribution in [0.5, 0.6) is 0 Å². The smallest absolute Gasteiger partial charge is 0.0959 e. The van der Waals surface area contributed by atoms with Gasteiger partial charge in [-0.3, -0.25) is 0 Å². The predicted molar refractivity (Wildman–Crippen MR) is 74.1 cm³/mol. The average Bonchev–Trinajstić information content (AvgIpc) is 2.38. The summed E-state index contributed by atoms with van der Waals surface area (Å²) in [5.74, 6) is 1.10. The summed E-state index contributed by atoms with van der Waals surface area (Å²) in [4.78, 5) is 4.28. The van der Waals surface area contributed by atoms with Crippen molar-refractivity contribution in [3.05, 3.63) is 54.2 Å². The second-order valence-corrected chi connectivity index (χ2v) is 4.98. The van der Waals surface area contributed by atoms with Crippen molar-refractivity contribution >= 4 is 17.4 Å². The lowest BCUT2D eigenvalue weighted by Gasteiger charge is -2.02. The fraction of sp³-hybridized carbons (Fsp3) is 0.214. The number of rotatable bonds is 5. The van der Waals surface area contributed by atoms with E-state index in [9.17, 15) is 0 Å². The van der Waals surface area contributed by atoms with Gasteiger partial charge in [-0.2, -0.15) is 0 Å². The molecule has 1 aromatic carbocycles. The lowest BCUT2D eigenvalue weighted by molar-refractivity contribution is 0.931. The lowest BCUT2D eigenvalue weighted by atomic mass is 10.1. The molecule has 0 aliphatic heterocycles. The maximum absolute atomic E-state index is 5.65. The second kappa shape index (κ2) is 6.30. The van der Waals surface area contributed by atoms with Crippen LogP contribution in [0.25, 0.3) is 0 Å². The second-order valence-electron chi connectivity index (χ2n) is 3.86. The molecule has 1 aromatic heterocycles. The molecule has 0 fully saturated rings. The van der Waals surface area contributed by atoms with Gasteiger partial charge in [0.2, 0.25) is 0 Å². The topological polar surface area (TPSA) is 38.9 Å². The molecule has 0 aliphatic carbocycles. The van der Waals surface area contributed by atoms with Gasteiger partial charge in [-0.1, -0.05) is 18.2 Å². The highest BCUT2D eigenvalue weighted by molar-refractivity contribution is 7.99. The van der Waals surface area contributed by atoms with Gasteiger partial charge in [-0.05, 0) is 48.4 Å². The number of nitrogens with two attached hydrogens (primary N) is 1. The standard InChI is InChI=1S/C14H16N2S/c15-13-8-6-12(7-9-13)4-3-11-17-14-5-1-2-10-16-14/h1-2,5-10H,3-4,11,15H2. The molecule has 0 unspecified atom stereocenters. The zero-order chi connectivity index (χ0) is 11.9. The van der Waals surface area contributed by atoms with Gasteiger partial charge in [-0.15, -0.1) is 11.8 Å². The van der Waals surface area contributed by atoms with Crippen LogP contribution in [-0.2, 0) is 6.42 Å². The van der Waals surface area contributed by atoms with E-state index in [1.54, 1.807) is 0 Å². The van der Waals surface area contributed by atoms with E-state index in [1.165, 1.54) is 5.56 Å². The fourth-order valence-corrected chi connectivity index (χ4v) is 2.38. The van der Waals surface area contributed by atoms with Crippen molar-refractivity contribution in [3.63, 3.8) is 0 Å². The van der Waals surface area contributed by atoms with E-state index in [1.807, 2.05) is 48.3 Å². The molecule has 0 bridgehead atoms. The molecular weight excluding hydrogens is 228 g/mol. The van der Waals surface area contributed by atoms with E-state index >= 15 is 0 Å². The zero-order valence-electron chi connectivity index (χ0n) is 9.67. The Hall–Kier alpha value is -1.48. The number of aromatic nitrogens is 1. The Morgan fingerprint density at radius 3 is 2.59 bits per heavy atom. The molecule has 2 aromatic rings. The molecule has 2 nitrogen and oxygen atoms in total. The van der Waals surface area contributed by atoms with Crippen molar-refractivity contribution < 1.29 is 0 Å². The van der Waals surface area contributed by atoms with Crippen molar-refractivity contribution in [2.75, 3.05) is 11.5 Å². The van der Waals surface area contributed by atoms with Crippen molar-refractivity contribution in [1.29, 1.82) is 0 Å². The monoisotopic (exact) mass is 244 g/mol. The maximum atomic E-state index is 5.65. The molecule has 0 aliphatic rings. The summed E-state index contributed by atoms with van der Waals surface area (Å²) in [5.41, 5.74) is 7.82. The molecule has 3 heteroatoms. The van der Waals surface area contributed by atoms with Gasteiger partial charge in [0.15, 0.2) is 0 Å².